The number of carbonyl (C=O) groups excluding carboxylic acids is 2. The highest BCUT2D eigenvalue weighted by atomic mass is 16.6. The molecule has 3 aliphatic heterocycles. The number of nitrogens with one attached hydrogen (secondary N) is 2. The highest BCUT2D eigenvalue weighted by Gasteiger charge is 2.52. The first-order valence-electron chi connectivity index (χ1n) is 13.9. The van der Waals surface area contributed by atoms with E-state index in [1.807, 2.05) is 0 Å². The zero-order valence-corrected chi connectivity index (χ0v) is 22.6. The first-order valence-corrected chi connectivity index (χ1v) is 13.9. The van der Waals surface area contributed by atoms with Crippen LogP contribution in [0.3, 0.4) is 0 Å². The number of anilines is 1. The number of fused-ring (bicyclic) bond motifs is 9. The number of carbonyl (C=O) groups is 2. The summed E-state index contributed by atoms with van der Waals surface area (Å²) >= 11 is 0. The van der Waals surface area contributed by atoms with Gasteiger partial charge in [-0.05, 0) is 23.6 Å². The third kappa shape index (κ3) is 3.82. The molecule has 7 rings (SSSR count). The standard InChI is InChI=1S/C29H30N4O10/c34-8-11(9-35)31-33-27(41)20-18-13-6-5-12(37)7-15(13)30-22(18)23-19(21(20)28(33)42)14-3-1-2-4-16(14)32(23)29-26(40)25(39)24(38)17(10-36)43-29/h1-5,7,11,16-17,24-26,29-31,34-40H,6,8-10H2. The van der Waals surface area contributed by atoms with Gasteiger partial charge in [-0.1, -0.05) is 24.3 Å². The van der Waals surface area contributed by atoms with E-state index in [-0.39, 0.29) is 23.3 Å². The molecule has 43 heavy (non-hydrogen) atoms. The summed E-state index contributed by atoms with van der Waals surface area (Å²) in [5.74, 6) is -1.41. The first kappa shape index (κ1) is 27.9. The Kier molecular flexibility index (Phi) is 6.57. The number of rotatable bonds is 6. The van der Waals surface area contributed by atoms with Gasteiger partial charge in [-0.15, -0.1) is 0 Å². The van der Waals surface area contributed by atoms with Crippen LogP contribution in [0, 0.1) is 0 Å². The van der Waals surface area contributed by atoms with Crippen molar-refractivity contribution < 1.29 is 50.1 Å². The summed E-state index contributed by atoms with van der Waals surface area (Å²) in [7, 11) is 0. The molecular weight excluding hydrogens is 564 g/mol. The molecule has 14 heteroatoms. The molecule has 4 heterocycles. The van der Waals surface area contributed by atoms with Crippen molar-refractivity contribution in [3.8, 4) is 0 Å². The average Bonchev–Trinajstić information content (AvgIpc) is 3.62. The molecule has 0 spiro atoms. The summed E-state index contributed by atoms with van der Waals surface area (Å²) in [4.78, 5) is 33.0. The third-order valence-electron chi connectivity index (χ3n) is 8.74. The first-order chi connectivity index (χ1) is 20.7. The second-order valence-electron chi connectivity index (χ2n) is 11.1. The van der Waals surface area contributed by atoms with Gasteiger partial charge in [-0.25, -0.2) is 10.4 Å². The Morgan fingerprint density at radius 3 is 2.49 bits per heavy atom. The minimum absolute atomic E-state index is 0.00600. The molecular formula is C29H30N4O10. The highest BCUT2D eigenvalue weighted by Crippen LogP contribution is 2.43. The molecule has 0 saturated carbocycles. The predicted molar refractivity (Wildman–Crippen MR) is 150 cm³/mol. The number of hydrazine groups is 1. The number of allylic oxidation sites excluding steroid dienone is 4. The van der Waals surface area contributed by atoms with Gasteiger partial charge in [-0.3, -0.25) is 9.59 Å². The molecule has 6 atom stereocenters. The van der Waals surface area contributed by atoms with E-state index in [2.05, 4.69) is 10.4 Å². The number of amides is 2. The molecule has 226 valence electrons. The van der Waals surface area contributed by atoms with Crippen molar-refractivity contribution in [1.82, 2.24) is 15.4 Å². The lowest BCUT2D eigenvalue weighted by molar-refractivity contribution is -0.228. The molecule has 2 aliphatic carbocycles. The van der Waals surface area contributed by atoms with E-state index in [1.165, 1.54) is 6.08 Å². The van der Waals surface area contributed by atoms with E-state index in [1.54, 1.807) is 35.3 Å². The number of aromatic amines is 1. The van der Waals surface area contributed by atoms with Crippen LogP contribution in [-0.2, 0) is 11.2 Å². The number of H-pyrrole nitrogens is 1. The molecule has 2 amide bonds. The highest BCUT2D eigenvalue weighted by molar-refractivity contribution is 6.28. The van der Waals surface area contributed by atoms with Crippen molar-refractivity contribution in [3.05, 3.63) is 63.4 Å². The van der Waals surface area contributed by atoms with E-state index in [0.717, 1.165) is 5.01 Å². The summed E-state index contributed by atoms with van der Waals surface area (Å²) in [5, 5.41) is 73.9. The van der Waals surface area contributed by atoms with Gasteiger partial charge in [-0.2, -0.15) is 0 Å². The largest absolute Gasteiger partial charge is 0.508 e. The Labute approximate surface area is 243 Å². The van der Waals surface area contributed by atoms with Crippen LogP contribution >= 0.6 is 0 Å². The number of aromatic nitrogens is 1. The second kappa shape index (κ2) is 10.1. The van der Waals surface area contributed by atoms with E-state index in [0.29, 0.717) is 38.3 Å². The minimum Gasteiger partial charge on any atom is -0.508 e. The Bertz CT molecular complexity index is 1770. The zero-order valence-electron chi connectivity index (χ0n) is 22.6. The lowest BCUT2D eigenvalue weighted by Gasteiger charge is -2.46. The molecule has 1 aromatic carbocycles. The Morgan fingerprint density at radius 1 is 1.02 bits per heavy atom. The molecule has 0 radical (unpaired) electrons. The predicted octanol–water partition coefficient (Wildman–Crippen LogP) is -3.33. The van der Waals surface area contributed by atoms with E-state index in [9.17, 15) is 45.3 Å². The van der Waals surface area contributed by atoms with Crippen molar-refractivity contribution in [2.45, 2.75) is 49.1 Å². The Balaban J connectivity index is 1.54. The SMILES string of the molecule is O=C1c2c(c3c4c([nH]c3c3c2=C2C=CC=CC2N3C2OC(CO)C(O)C(O)C2O)=CC(O)=CC4)C(=O)N1NC(CO)CO. The molecule has 0 bridgehead atoms. The maximum atomic E-state index is 14.1. The van der Waals surface area contributed by atoms with Crippen LogP contribution in [0.2, 0.25) is 0 Å². The number of hydrogen-bond donors (Lipinski definition) is 9. The number of hydrogen-bond acceptors (Lipinski definition) is 12. The van der Waals surface area contributed by atoms with Crippen LogP contribution in [0.4, 0.5) is 5.69 Å². The smallest absolute Gasteiger partial charge is 0.276 e. The van der Waals surface area contributed by atoms with Crippen LogP contribution in [0.5, 0.6) is 0 Å². The topological polar surface area (TPSA) is 219 Å². The summed E-state index contributed by atoms with van der Waals surface area (Å²) in [5.41, 5.74) is 4.78. The van der Waals surface area contributed by atoms with Crippen molar-refractivity contribution in [1.29, 1.82) is 0 Å². The summed E-state index contributed by atoms with van der Waals surface area (Å²) in [6, 6.07) is -1.65. The number of nitrogens with zero attached hydrogens (tertiary/aromatic N) is 2. The molecule has 14 nitrogen and oxygen atoms in total. The van der Waals surface area contributed by atoms with Crippen LogP contribution in [-0.4, -0.2) is 120 Å². The molecule has 1 aromatic heterocycles. The fraction of sp³-hybridized carbons (Fsp3) is 0.379. The molecule has 1 saturated heterocycles. The van der Waals surface area contributed by atoms with Gasteiger partial charge in [0.15, 0.2) is 6.23 Å². The van der Waals surface area contributed by atoms with Crippen LogP contribution < -0.4 is 20.9 Å². The fourth-order valence-electron chi connectivity index (χ4n) is 6.72. The van der Waals surface area contributed by atoms with Gasteiger partial charge in [0, 0.05) is 22.0 Å². The number of ether oxygens (including phenoxy) is 1. The fourth-order valence-corrected chi connectivity index (χ4v) is 6.72. The molecule has 9 N–H and O–H groups in total. The number of aliphatic hydroxyl groups excluding tert-OH is 7. The monoisotopic (exact) mass is 594 g/mol. The Morgan fingerprint density at radius 2 is 1.77 bits per heavy atom. The second-order valence-corrected chi connectivity index (χ2v) is 11.1. The number of benzene rings is 1. The molecule has 2 aromatic rings. The van der Waals surface area contributed by atoms with Gasteiger partial charge in [0.25, 0.3) is 11.8 Å². The van der Waals surface area contributed by atoms with Crippen molar-refractivity contribution in [3.63, 3.8) is 0 Å². The minimum atomic E-state index is -1.67. The summed E-state index contributed by atoms with van der Waals surface area (Å²) < 4.78 is 6.00. The van der Waals surface area contributed by atoms with Crippen molar-refractivity contribution in [2.75, 3.05) is 24.7 Å². The van der Waals surface area contributed by atoms with Crippen molar-refractivity contribution in [2.24, 2.45) is 0 Å². The Hall–Kier alpha value is -3.86. The van der Waals surface area contributed by atoms with E-state index in [4.69, 9.17) is 4.74 Å². The maximum Gasteiger partial charge on any atom is 0.276 e. The third-order valence-corrected chi connectivity index (χ3v) is 8.74. The average molecular weight is 595 g/mol. The zero-order chi connectivity index (χ0) is 30.3. The van der Waals surface area contributed by atoms with Gasteiger partial charge >= 0.3 is 0 Å². The quantitative estimate of drug-likeness (QED) is 0.150. The van der Waals surface area contributed by atoms with Crippen molar-refractivity contribution >= 4 is 40.1 Å². The number of imide groups is 1. The number of aliphatic hydroxyl groups is 7. The normalized spacial score (nSPS) is 29.3. The van der Waals surface area contributed by atoms with Gasteiger partial charge in [0.1, 0.15) is 30.2 Å². The van der Waals surface area contributed by atoms with Gasteiger partial charge < -0.3 is 50.4 Å². The van der Waals surface area contributed by atoms with Crippen LogP contribution in [0.15, 0.2) is 36.1 Å². The lowest BCUT2D eigenvalue weighted by atomic mass is 9.93. The van der Waals surface area contributed by atoms with Crippen LogP contribution in [0.25, 0.3) is 22.6 Å². The molecule has 5 aliphatic rings. The van der Waals surface area contributed by atoms with Gasteiger partial charge in [0.2, 0.25) is 0 Å². The summed E-state index contributed by atoms with van der Waals surface area (Å²) in [6.45, 7) is -1.73. The van der Waals surface area contributed by atoms with Gasteiger partial charge in [0.05, 0.1) is 54.2 Å². The van der Waals surface area contributed by atoms with Crippen LogP contribution in [0.1, 0.15) is 26.3 Å². The molecule has 1 fully saturated rings. The maximum absolute atomic E-state index is 14.1. The summed E-state index contributed by atoms with van der Waals surface area (Å²) in [6.07, 6.45) is 2.96. The molecule has 6 unspecified atom stereocenters. The van der Waals surface area contributed by atoms with E-state index >= 15 is 0 Å². The van der Waals surface area contributed by atoms with E-state index < -0.39 is 74.4 Å². The lowest BCUT2D eigenvalue weighted by Crippen LogP contribution is -2.64.